The molecule has 0 saturated carbocycles. The van der Waals surface area contributed by atoms with Gasteiger partial charge in [-0.25, -0.2) is 4.79 Å². The van der Waals surface area contributed by atoms with Crippen LogP contribution >= 0.6 is 0 Å². The van der Waals surface area contributed by atoms with Crippen LogP contribution in [0.5, 0.6) is 0 Å². The summed E-state index contributed by atoms with van der Waals surface area (Å²) in [5, 5.41) is 0. The fraction of sp³-hybridized carbons (Fsp3) is 0.947. The van der Waals surface area contributed by atoms with Crippen LogP contribution in [0.2, 0.25) is 0 Å². The summed E-state index contributed by atoms with van der Waals surface area (Å²) in [6.07, 6.45) is 3.06. The summed E-state index contributed by atoms with van der Waals surface area (Å²) < 4.78 is 5.58. The van der Waals surface area contributed by atoms with E-state index in [4.69, 9.17) is 10.5 Å². The third-order valence-corrected chi connectivity index (χ3v) is 4.47. The molecule has 1 amide bonds. The number of nitrogens with two attached hydrogens (primary N) is 1. The monoisotopic (exact) mass is 326 g/mol. The van der Waals surface area contributed by atoms with E-state index in [1.165, 1.54) is 0 Å². The molecular formula is C19H38N2O2. The summed E-state index contributed by atoms with van der Waals surface area (Å²) in [7, 11) is 0. The summed E-state index contributed by atoms with van der Waals surface area (Å²) in [5.41, 5.74) is 5.70. The highest BCUT2D eigenvalue weighted by Crippen LogP contribution is 2.38. The van der Waals surface area contributed by atoms with Gasteiger partial charge < -0.3 is 15.4 Å². The van der Waals surface area contributed by atoms with Gasteiger partial charge in [0.2, 0.25) is 0 Å². The van der Waals surface area contributed by atoms with Gasteiger partial charge in [0, 0.05) is 12.1 Å². The average Bonchev–Trinajstić information content (AvgIpc) is 2.59. The molecule has 2 unspecified atom stereocenters. The Kier molecular flexibility index (Phi) is 6.17. The van der Waals surface area contributed by atoms with Crippen molar-refractivity contribution < 1.29 is 9.53 Å². The van der Waals surface area contributed by atoms with Crippen molar-refractivity contribution in [2.75, 3.05) is 13.1 Å². The predicted molar refractivity (Wildman–Crippen MR) is 96.4 cm³/mol. The maximum atomic E-state index is 12.5. The van der Waals surface area contributed by atoms with E-state index >= 15 is 0 Å². The van der Waals surface area contributed by atoms with Gasteiger partial charge in [-0.3, -0.25) is 0 Å². The molecule has 0 aromatic heterocycles. The molecule has 1 aliphatic rings. The van der Waals surface area contributed by atoms with Crippen LogP contribution in [0, 0.1) is 17.3 Å². The number of carbonyl (C=O) groups excluding carboxylic acids is 1. The molecule has 0 radical (unpaired) electrons. The standard InChI is InChI=1S/C19H38N2O2/c1-17(2,3)10-14(12-20)9-15-11-19(7,8)21(13-15)16(22)23-18(4,5)6/h14-15H,9-13,20H2,1-8H3. The second-order valence-electron chi connectivity index (χ2n) is 10.1. The first kappa shape index (κ1) is 20.3. The fourth-order valence-corrected chi connectivity index (χ4v) is 3.78. The first-order valence-corrected chi connectivity index (χ1v) is 8.94. The number of likely N-dealkylation sites (tertiary alicyclic amines) is 1. The fourth-order valence-electron chi connectivity index (χ4n) is 3.78. The second kappa shape index (κ2) is 7.00. The third kappa shape index (κ3) is 6.70. The van der Waals surface area contributed by atoms with Gasteiger partial charge in [-0.15, -0.1) is 0 Å². The highest BCUT2D eigenvalue weighted by atomic mass is 16.6. The Morgan fingerprint density at radius 3 is 2.26 bits per heavy atom. The summed E-state index contributed by atoms with van der Waals surface area (Å²) >= 11 is 0. The van der Waals surface area contributed by atoms with Crippen molar-refractivity contribution in [3.63, 3.8) is 0 Å². The molecule has 2 atom stereocenters. The minimum Gasteiger partial charge on any atom is -0.444 e. The molecule has 0 aliphatic carbocycles. The van der Waals surface area contributed by atoms with E-state index in [9.17, 15) is 4.79 Å². The Hall–Kier alpha value is -0.770. The van der Waals surface area contributed by atoms with Crippen LogP contribution < -0.4 is 5.73 Å². The molecular weight excluding hydrogens is 288 g/mol. The molecule has 23 heavy (non-hydrogen) atoms. The molecule has 1 saturated heterocycles. The molecule has 1 heterocycles. The smallest absolute Gasteiger partial charge is 0.410 e. The Morgan fingerprint density at radius 1 is 1.26 bits per heavy atom. The van der Waals surface area contributed by atoms with Crippen molar-refractivity contribution >= 4 is 6.09 Å². The number of ether oxygens (including phenoxy) is 1. The minimum absolute atomic E-state index is 0.145. The van der Waals surface area contributed by atoms with Gasteiger partial charge in [0.15, 0.2) is 0 Å². The van der Waals surface area contributed by atoms with Gasteiger partial charge in [-0.2, -0.15) is 0 Å². The zero-order valence-corrected chi connectivity index (χ0v) is 16.5. The lowest BCUT2D eigenvalue weighted by atomic mass is 9.79. The number of carbonyl (C=O) groups is 1. The van der Waals surface area contributed by atoms with Crippen LogP contribution in [-0.4, -0.2) is 35.2 Å². The van der Waals surface area contributed by atoms with E-state index in [2.05, 4.69) is 34.6 Å². The minimum atomic E-state index is -0.447. The van der Waals surface area contributed by atoms with E-state index in [1.807, 2.05) is 25.7 Å². The molecule has 0 spiro atoms. The largest absolute Gasteiger partial charge is 0.444 e. The lowest BCUT2D eigenvalue weighted by Gasteiger charge is -2.33. The first-order chi connectivity index (χ1) is 10.2. The highest BCUT2D eigenvalue weighted by molar-refractivity contribution is 5.69. The Labute approximate surface area is 143 Å². The van der Waals surface area contributed by atoms with E-state index in [1.54, 1.807) is 0 Å². The molecule has 0 aromatic carbocycles. The quantitative estimate of drug-likeness (QED) is 0.832. The summed E-state index contributed by atoms with van der Waals surface area (Å²) in [5.74, 6) is 1.03. The zero-order chi connectivity index (χ0) is 18.1. The van der Waals surface area contributed by atoms with Gasteiger partial charge in [0.25, 0.3) is 0 Å². The molecule has 4 nitrogen and oxygen atoms in total. The second-order valence-corrected chi connectivity index (χ2v) is 10.1. The molecule has 1 aliphatic heterocycles. The average molecular weight is 327 g/mol. The normalized spacial score (nSPS) is 23.0. The van der Waals surface area contributed by atoms with Crippen molar-refractivity contribution in [1.82, 2.24) is 4.90 Å². The third-order valence-electron chi connectivity index (χ3n) is 4.47. The van der Waals surface area contributed by atoms with Crippen molar-refractivity contribution in [1.29, 1.82) is 0 Å². The van der Waals surface area contributed by atoms with Gasteiger partial charge in [0.1, 0.15) is 5.60 Å². The Morgan fingerprint density at radius 2 is 1.83 bits per heavy atom. The van der Waals surface area contributed by atoms with E-state index in [0.29, 0.717) is 17.3 Å². The molecule has 2 N–H and O–H groups in total. The molecule has 4 heteroatoms. The van der Waals surface area contributed by atoms with Crippen LogP contribution in [0.1, 0.15) is 74.7 Å². The highest BCUT2D eigenvalue weighted by Gasteiger charge is 2.43. The summed E-state index contributed by atoms with van der Waals surface area (Å²) in [6, 6.07) is 0. The lowest BCUT2D eigenvalue weighted by Crippen LogP contribution is -2.45. The van der Waals surface area contributed by atoms with E-state index < -0.39 is 5.60 Å². The van der Waals surface area contributed by atoms with Gasteiger partial charge in [-0.1, -0.05) is 20.8 Å². The predicted octanol–water partition coefficient (Wildman–Crippen LogP) is 4.42. The van der Waals surface area contributed by atoms with Gasteiger partial charge in [-0.05, 0) is 77.7 Å². The lowest BCUT2D eigenvalue weighted by molar-refractivity contribution is 0.0130. The number of rotatable bonds is 4. The van der Waals surface area contributed by atoms with Crippen molar-refractivity contribution in [2.45, 2.75) is 85.8 Å². The molecule has 0 bridgehead atoms. The maximum absolute atomic E-state index is 12.5. The van der Waals surface area contributed by atoms with Crippen LogP contribution in [0.3, 0.4) is 0 Å². The number of amides is 1. The van der Waals surface area contributed by atoms with Crippen LogP contribution in [0.25, 0.3) is 0 Å². The van der Waals surface area contributed by atoms with Crippen LogP contribution in [0.15, 0.2) is 0 Å². The van der Waals surface area contributed by atoms with Crippen molar-refractivity contribution in [2.24, 2.45) is 23.0 Å². The molecule has 136 valence electrons. The van der Waals surface area contributed by atoms with Crippen molar-refractivity contribution in [3.05, 3.63) is 0 Å². The molecule has 1 rings (SSSR count). The maximum Gasteiger partial charge on any atom is 0.410 e. The SMILES string of the molecule is CC(C)(C)CC(CN)CC1CN(C(=O)OC(C)(C)C)C(C)(C)C1. The Bertz CT molecular complexity index is 405. The number of hydrogen-bond acceptors (Lipinski definition) is 3. The first-order valence-electron chi connectivity index (χ1n) is 8.94. The van der Waals surface area contributed by atoms with Crippen LogP contribution in [0.4, 0.5) is 4.79 Å². The summed E-state index contributed by atoms with van der Waals surface area (Å²) in [4.78, 5) is 14.4. The topological polar surface area (TPSA) is 55.6 Å². The molecule has 0 aromatic rings. The Balaban J connectivity index is 2.70. The zero-order valence-electron chi connectivity index (χ0n) is 16.5. The van der Waals surface area contributed by atoms with E-state index in [-0.39, 0.29) is 11.6 Å². The number of hydrogen-bond donors (Lipinski definition) is 1. The van der Waals surface area contributed by atoms with Crippen molar-refractivity contribution in [3.8, 4) is 0 Å². The number of nitrogens with zero attached hydrogens (tertiary/aromatic N) is 1. The van der Waals surface area contributed by atoms with Gasteiger partial charge in [0.05, 0.1) is 0 Å². The van der Waals surface area contributed by atoms with Crippen LogP contribution in [-0.2, 0) is 4.74 Å². The summed E-state index contributed by atoms with van der Waals surface area (Å²) in [6.45, 7) is 18.3. The molecule has 1 fully saturated rings. The van der Waals surface area contributed by atoms with E-state index in [0.717, 1.165) is 32.4 Å². The van der Waals surface area contributed by atoms with Gasteiger partial charge >= 0.3 is 6.09 Å².